The van der Waals surface area contributed by atoms with Crippen molar-refractivity contribution in [2.45, 2.75) is 19.4 Å². The van der Waals surface area contributed by atoms with E-state index in [-0.39, 0.29) is 0 Å². The first-order valence-corrected chi connectivity index (χ1v) is 6.99. The molecule has 0 aliphatic heterocycles. The lowest BCUT2D eigenvalue weighted by Gasteiger charge is -2.15. The van der Waals surface area contributed by atoms with Gasteiger partial charge < -0.3 is 5.32 Å². The molecule has 0 radical (unpaired) electrons. The van der Waals surface area contributed by atoms with Crippen LogP contribution >= 0.6 is 23.4 Å². The summed E-state index contributed by atoms with van der Waals surface area (Å²) in [6.45, 7) is 3.20. The minimum atomic E-state index is 0.334. The molecule has 1 nitrogen and oxygen atoms in total. The van der Waals surface area contributed by atoms with Gasteiger partial charge in [0.15, 0.2) is 0 Å². The van der Waals surface area contributed by atoms with Crippen LogP contribution in [0.3, 0.4) is 0 Å². The predicted molar refractivity (Wildman–Crippen MR) is 70.9 cm³/mol. The van der Waals surface area contributed by atoms with Gasteiger partial charge in [-0.05, 0) is 43.5 Å². The van der Waals surface area contributed by atoms with Crippen LogP contribution in [0.25, 0.3) is 0 Å². The summed E-state index contributed by atoms with van der Waals surface area (Å²) in [7, 11) is 0. The number of nitrogens with one attached hydrogen (secondary N) is 1. The van der Waals surface area contributed by atoms with Gasteiger partial charge in [0, 0.05) is 11.1 Å². The summed E-state index contributed by atoms with van der Waals surface area (Å²) in [6, 6.07) is 8.35. The lowest BCUT2D eigenvalue weighted by molar-refractivity contribution is 0.573. The Balaban J connectivity index is 2.40. The zero-order valence-electron chi connectivity index (χ0n) is 9.29. The maximum atomic E-state index is 6.12. The van der Waals surface area contributed by atoms with Gasteiger partial charge in [-0.2, -0.15) is 11.8 Å². The largest absolute Gasteiger partial charge is 0.310 e. The maximum absolute atomic E-state index is 6.12. The van der Waals surface area contributed by atoms with Gasteiger partial charge in [-0.1, -0.05) is 29.8 Å². The number of hydrogen-bond acceptors (Lipinski definition) is 2. The molecule has 0 aliphatic rings. The van der Waals surface area contributed by atoms with Crippen molar-refractivity contribution in [2.24, 2.45) is 0 Å². The molecule has 3 heteroatoms. The third-order valence-corrected chi connectivity index (χ3v) is 3.39. The summed E-state index contributed by atoms with van der Waals surface area (Å²) in [5, 5.41) is 4.33. The smallest absolute Gasteiger partial charge is 0.0453 e. The standard InChI is InChI=1S/C12H18ClNS/c1-10(14-8-5-9-15-2)11-6-3-4-7-12(11)13/h3-4,6-7,10,14H,5,8-9H2,1-2H3. The molecule has 0 heterocycles. The van der Waals surface area contributed by atoms with Crippen LogP contribution in [0.1, 0.15) is 24.9 Å². The lowest BCUT2D eigenvalue weighted by Crippen LogP contribution is -2.20. The number of rotatable bonds is 6. The summed E-state index contributed by atoms with van der Waals surface area (Å²) in [6.07, 6.45) is 3.34. The van der Waals surface area contributed by atoms with E-state index in [1.54, 1.807) is 0 Å². The van der Waals surface area contributed by atoms with Crippen LogP contribution in [-0.2, 0) is 0 Å². The maximum Gasteiger partial charge on any atom is 0.0453 e. The predicted octanol–water partition coefficient (Wildman–Crippen LogP) is 3.74. The van der Waals surface area contributed by atoms with Crippen molar-refractivity contribution in [3.05, 3.63) is 34.9 Å². The third-order valence-electron chi connectivity index (χ3n) is 2.35. The summed E-state index contributed by atoms with van der Waals surface area (Å²) >= 11 is 8.00. The molecule has 0 amide bonds. The number of hydrogen-bond donors (Lipinski definition) is 1. The summed E-state index contributed by atoms with van der Waals surface area (Å²) in [4.78, 5) is 0. The third kappa shape index (κ3) is 4.45. The highest BCUT2D eigenvalue weighted by molar-refractivity contribution is 7.98. The molecule has 1 unspecified atom stereocenters. The fraction of sp³-hybridized carbons (Fsp3) is 0.500. The van der Waals surface area contributed by atoms with Gasteiger partial charge in [0.1, 0.15) is 0 Å². The number of thioether (sulfide) groups is 1. The Morgan fingerprint density at radius 3 is 2.80 bits per heavy atom. The molecule has 1 aromatic rings. The van der Waals surface area contributed by atoms with E-state index in [4.69, 9.17) is 11.6 Å². The van der Waals surface area contributed by atoms with Crippen molar-refractivity contribution in [1.82, 2.24) is 5.32 Å². The molecule has 0 saturated carbocycles. The zero-order chi connectivity index (χ0) is 11.1. The molecule has 0 aromatic heterocycles. The molecular weight excluding hydrogens is 226 g/mol. The van der Waals surface area contributed by atoms with Crippen LogP contribution in [0.4, 0.5) is 0 Å². The van der Waals surface area contributed by atoms with Crippen molar-refractivity contribution in [1.29, 1.82) is 0 Å². The van der Waals surface area contributed by atoms with Gasteiger partial charge >= 0.3 is 0 Å². The van der Waals surface area contributed by atoms with Crippen molar-refractivity contribution < 1.29 is 0 Å². The van der Waals surface area contributed by atoms with Crippen LogP contribution in [0, 0.1) is 0 Å². The van der Waals surface area contributed by atoms with E-state index in [2.05, 4.69) is 24.6 Å². The fourth-order valence-corrected chi connectivity index (χ4v) is 2.20. The first-order valence-electron chi connectivity index (χ1n) is 5.22. The van der Waals surface area contributed by atoms with E-state index in [0.717, 1.165) is 11.6 Å². The van der Waals surface area contributed by atoms with Crippen molar-refractivity contribution in [3.8, 4) is 0 Å². The van der Waals surface area contributed by atoms with Crippen molar-refractivity contribution >= 4 is 23.4 Å². The molecule has 1 N–H and O–H groups in total. The Morgan fingerprint density at radius 2 is 2.13 bits per heavy atom. The SMILES string of the molecule is CSCCCNC(C)c1ccccc1Cl. The first kappa shape index (κ1) is 12.9. The molecular formula is C12H18ClNS. The molecule has 0 fully saturated rings. The molecule has 0 saturated heterocycles. The molecule has 0 spiro atoms. The number of benzene rings is 1. The lowest BCUT2D eigenvalue weighted by atomic mass is 10.1. The molecule has 15 heavy (non-hydrogen) atoms. The Hall–Kier alpha value is -0.180. The highest BCUT2D eigenvalue weighted by Crippen LogP contribution is 2.21. The highest BCUT2D eigenvalue weighted by Gasteiger charge is 2.07. The van der Waals surface area contributed by atoms with Gasteiger partial charge in [-0.15, -0.1) is 0 Å². The molecule has 84 valence electrons. The van der Waals surface area contributed by atoms with Gasteiger partial charge in [0.2, 0.25) is 0 Å². The minimum absolute atomic E-state index is 0.334. The van der Waals surface area contributed by atoms with E-state index in [1.165, 1.54) is 17.7 Å². The number of halogens is 1. The summed E-state index contributed by atoms with van der Waals surface area (Å²) in [5.74, 6) is 1.21. The Labute approximate surface area is 102 Å². The van der Waals surface area contributed by atoms with Crippen LogP contribution in [0.2, 0.25) is 5.02 Å². The topological polar surface area (TPSA) is 12.0 Å². The second kappa shape index (κ2) is 7.15. The summed E-state index contributed by atoms with van der Waals surface area (Å²) in [5.41, 5.74) is 1.18. The van der Waals surface area contributed by atoms with Crippen LogP contribution in [-0.4, -0.2) is 18.6 Å². The molecule has 0 aliphatic carbocycles. The van der Waals surface area contributed by atoms with Gasteiger partial charge in [0.05, 0.1) is 0 Å². The highest BCUT2D eigenvalue weighted by atomic mass is 35.5. The molecule has 0 bridgehead atoms. The Bertz CT molecular complexity index is 291. The van der Waals surface area contributed by atoms with E-state index in [0.29, 0.717) is 6.04 Å². The van der Waals surface area contributed by atoms with Crippen molar-refractivity contribution in [3.63, 3.8) is 0 Å². The Kier molecular flexibility index (Phi) is 6.15. The van der Waals surface area contributed by atoms with Crippen LogP contribution < -0.4 is 5.32 Å². The quantitative estimate of drug-likeness (QED) is 0.764. The van der Waals surface area contributed by atoms with Gasteiger partial charge in [-0.25, -0.2) is 0 Å². The second-order valence-electron chi connectivity index (χ2n) is 3.54. The average molecular weight is 244 g/mol. The van der Waals surface area contributed by atoms with Crippen LogP contribution in [0.5, 0.6) is 0 Å². The fourth-order valence-electron chi connectivity index (χ4n) is 1.47. The van der Waals surface area contributed by atoms with Crippen molar-refractivity contribution in [2.75, 3.05) is 18.6 Å². The normalized spacial score (nSPS) is 12.7. The summed E-state index contributed by atoms with van der Waals surface area (Å²) < 4.78 is 0. The van der Waals surface area contributed by atoms with E-state index >= 15 is 0 Å². The molecule has 1 rings (SSSR count). The first-order chi connectivity index (χ1) is 7.25. The zero-order valence-corrected chi connectivity index (χ0v) is 10.9. The monoisotopic (exact) mass is 243 g/mol. The van der Waals surface area contributed by atoms with Gasteiger partial charge in [-0.3, -0.25) is 0 Å². The van der Waals surface area contributed by atoms with E-state index < -0.39 is 0 Å². The Morgan fingerprint density at radius 1 is 1.40 bits per heavy atom. The van der Waals surface area contributed by atoms with Gasteiger partial charge in [0.25, 0.3) is 0 Å². The second-order valence-corrected chi connectivity index (χ2v) is 4.94. The molecule has 1 atom stereocenters. The van der Waals surface area contributed by atoms with E-state index in [9.17, 15) is 0 Å². The molecule has 1 aromatic carbocycles. The minimum Gasteiger partial charge on any atom is -0.310 e. The average Bonchev–Trinajstić information content (AvgIpc) is 2.25. The van der Waals surface area contributed by atoms with Crippen LogP contribution in [0.15, 0.2) is 24.3 Å². The van der Waals surface area contributed by atoms with E-state index in [1.807, 2.05) is 30.0 Å².